The van der Waals surface area contributed by atoms with Crippen molar-refractivity contribution in [3.63, 3.8) is 0 Å². The maximum absolute atomic E-state index is 11.2. The number of hydrogen-bond acceptors (Lipinski definition) is 4. The van der Waals surface area contributed by atoms with E-state index in [1.807, 2.05) is 6.92 Å². The van der Waals surface area contributed by atoms with Crippen molar-refractivity contribution in [2.75, 3.05) is 45.8 Å². The Hall–Kier alpha value is -0.650. The summed E-state index contributed by atoms with van der Waals surface area (Å²) in [5, 5.41) is 12.2. The van der Waals surface area contributed by atoms with Crippen molar-refractivity contribution >= 4 is 5.97 Å². The summed E-state index contributed by atoms with van der Waals surface area (Å²) in [6.07, 6.45) is 5.16. The van der Waals surface area contributed by atoms with Gasteiger partial charge in [-0.3, -0.25) is 4.79 Å². The average Bonchev–Trinajstić information content (AvgIpc) is 2.93. The van der Waals surface area contributed by atoms with E-state index in [1.165, 1.54) is 45.3 Å². The quantitative estimate of drug-likeness (QED) is 0.726. The van der Waals surface area contributed by atoms with Gasteiger partial charge in [0, 0.05) is 13.1 Å². The summed E-state index contributed by atoms with van der Waals surface area (Å²) >= 11 is 0. The number of likely N-dealkylation sites (tertiary alicyclic amines) is 2. The number of carboxylic acid groups (broad SMARTS) is 1. The van der Waals surface area contributed by atoms with Gasteiger partial charge in [-0.1, -0.05) is 6.92 Å². The number of nitrogens with one attached hydrogen (secondary N) is 1. The lowest BCUT2D eigenvalue weighted by molar-refractivity contribution is -0.140. The van der Waals surface area contributed by atoms with Crippen molar-refractivity contribution in [1.29, 1.82) is 0 Å². The van der Waals surface area contributed by atoms with E-state index in [9.17, 15) is 9.90 Å². The van der Waals surface area contributed by atoms with Crippen molar-refractivity contribution in [2.24, 2.45) is 5.92 Å². The van der Waals surface area contributed by atoms with Crippen LogP contribution in [0.25, 0.3) is 0 Å². The van der Waals surface area contributed by atoms with Crippen molar-refractivity contribution in [2.45, 2.75) is 38.6 Å². The van der Waals surface area contributed by atoms with Gasteiger partial charge in [0.1, 0.15) is 6.04 Å². The summed E-state index contributed by atoms with van der Waals surface area (Å²) < 4.78 is 0. The SMILES string of the molecule is CCNC(CN1CCC(CN2CCCC2)CC1)C(=O)O. The third-order valence-corrected chi connectivity index (χ3v) is 4.61. The third kappa shape index (κ3) is 4.72. The number of likely N-dealkylation sites (N-methyl/N-ethyl adjacent to an activating group) is 1. The minimum atomic E-state index is -0.731. The van der Waals surface area contributed by atoms with Gasteiger partial charge in [-0.25, -0.2) is 0 Å². The molecule has 1 unspecified atom stereocenters. The van der Waals surface area contributed by atoms with E-state index in [-0.39, 0.29) is 0 Å². The summed E-state index contributed by atoms with van der Waals surface area (Å²) in [7, 11) is 0. The Kier molecular flexibility index (Phi) is 6.26. The van der Waals surface area contributed by atoms with Crippen LogP contribution in [0.5, 0.6) is 0 Å². The minimum absolute atomic E-state index is 0.421. The lowest BCUT2D eigenvalue weighted by Crippen LogP contribution is -2.48. The summed E-state index contributed by atoms with van der Waals surface area (Å²) in [5.41, 5.74) is 0. The van der Waals surface area contributed by atoms with Crippen molar-refractivity contribution < 1.29 is 9.90 Å². The number of carboxylic acids is 1. The van der Waals surface area contributed by atoms with Gasteiger partial charge in [-0.05, 0) is 64.3 Å². The normalized spacial score (nSPS) is 24.1. The van der Waals surface area contributed by atoms with Gasteiger partial charge in [0.25, 0.3) is 0 Å². The molecule has 1 atom stereocenters. The molecular weight excluding hydrogens is 254 g/mol. The Bertz CT molecular complexity index is 297. The molecule has 2 heterocycles. The second-order valence-corrected chi connectivity index (χ2v) is 6.20. The Morgan fingerprint density at radius 3 is 2.40 bits per heavy atom. The highest BCUT2D eigenvalue weighted by molar-refractivity contribution is 5.73. The molecule has 0 amide bonds. The van der Waals surface area contributed by atoms with E-state index < -0.39 is 12.0 Å². The molecule has 2 N–H and O–H groups in total. The molecule has 2 aliphatic rings. The molecule has 0 aromatic carbocycles. The number of hydrogen-bond donors (Lipinski definition) is 2. The smallest absolute Gasteiger partial charge is 0.322 e. The minimum Gasteiger partial charge on any atom is -0.480 e. The van der Waals surface area contributed by atoms with Gasteiger partial charge < -0.3 is 20.2 Å². The van der Waals surface area contributed by atoms with E-state index in [4.69, 9.17) is 0 Å². The molecule has 0 saturated carbocycles. The molecule has 2 saturated heterocycles. The van der Waals surface area contributed by atoms with Crippen LogP contribution in [-0.4, -0.2) is 72.7 Å². The van der Waals surface area contributed by atoms with Gasteiger partial charge in [0.2, 0.25) is 0 Å². The zero-order valence-electron chi connectivity index (χ0n) is 12.7. The summed E-state index contributed by atoms with van der Waals surface area (Å²) in [6.45, 7) is 9.22. The van der Waals surface area contributed by atoms with E-state index in [1.54, 1.807) is 0 Å². The number of carbonyl (C=O) groups is 1. The molecule has 5 heteroatoms. The molecule has 0 aromatic rings. The van der Waals surface area contributed by atoms with E-state index in [0.29, 0.717) is 13.1 Å². The van der Waals surface area contributed by atoms with Gasteiger partial charge in [-0.2, -0.15) is 0 Å². The maximum Gasteiger partial charge on any atom is 0.322 e. The van der Waals surface area contributed by atoms with Crippen LogP contribution in [0.4, 0.5) is 0 Å². The fraction of sp³-hybridized carbons (Fsp3) is 0.933. The second kappa shape index (κ2) is 7.96. The van der Waals surface area contributed by atoms with Crippen LogP contribution < -0.4 is 5.32 Å². The van der Waals surface area contributed by atoms with E-state index >= 15 is 0 Å². The Morgan fingerprint density at radius 1 is 1.20 bits per heavy atom. The van der Waals surface area contributed by atoms with E-state index in [0.717, 1.165) is 19.0 Å². The molecule has 0 aliphatic carbocycles. The molecule has 0 radical (unpaired) electrons. The van der Waals surface area contributed by atoms with Gasteiger partial charge in [-0.15, -0.1) is 0 Å². The fourth-order valence-electron chi connectivity index (χ4n) is 3.42. The first-order chi connectivity index (χ1) is 9.69. The Labute approximate surface area is 122 Å². The molecule has 5 nitrogen and oxygen atoms in total. The predicted octanol–water partition coefficient (Wildman–Crippen LogP) is 0.857. The monoisotopic (exact) mass is 283 g/mol. The molecule has 20 heavy (non-hydrogen) atoms. The molecule has 2 fully saturated rings. The van der Waals surface area contributed by atoms with Crippen LogP contribution >= 0.6 is 0 Å². The topological polar surface area (TPSA) is 55.8 Å². The van der Waals surface area contributed by atoms with Crippen LogP contribution in [0.3, 0.4) is 0 Å². The highest BCUT2D eigenvalue weighted by atomic mass is 16.4. The Morgan fingerprint density at radius 2 is 1.85 bits per heavy atom. The van der Waals surface area contributed by atoms with E-state index in [2.05, 4.69) is 15.1 Å². The third-order valence-electron chi connectivity index (χ3n) is 4.61. The fourth-order valence-corrected chi connectivity index (χ4v) is 3.42. The first-order valence-electron chi connectivity index (χ1n) is 8.10. The van der Waals surface area contributed by atoms with Crippen LogP contribution in [0, 0.1) is 5.92 Å². The standard InChI is InChI=1S/C15H29N3O2/c1-2-16-14(15(19)20)12-18-9-5-13(6-10-18)11-17-7-3-4-8-17/h13-14,16H,2-12H2,1H3,(H,19,20). The number of aliphatic carboxylic acids is 1. The first kappa shape index (κ1) is 15.7. The lowest BCUT2D eigenvalue weighted by atomic mass is 9.96. The summed E-state index contributed by atoms with van der Waals surface area (Å²) in [4.78, 5) is 16.1. The lowest BCUT2D eigenvalue weighted by Gasteiger charge is -2.35. The molecular formula is C15H29N3O2. The molecule has 0 aromatic heterocycles. The largest absolute Gasteiger partial charge is 0.480 e. The molecule has 116 valence electrons. The zero-order chi connectivity index (χ0) is 14.4. The highest BCUT2D eigenvalue weighted by Crippen LogP contribution is 2.20. The summed E-state index contributed by atoms with van der Waals surface area (Å²) in [5.74, 6) is 0.0813. The predicted molar refractivity (Wildman–Crippen MR) is 79.9 cm³/mol. The first-order valence-corrected chi connectivity index (χ1v) is 8.10. The summed E-state index contributed by atoms with van der Waals surface area (Å²) in [6, 6.07) is -0.421. The van der Waals surface area contributed by atoms with Crippen molar-refractivity contribution in [3.8, 4) is 0 Å². The number of nitrogens with zero attached hydrogens (tertiary/aromatic N) is 2. The number of piperidine rings is 1. The van der Waals surface area contributed by atoms with Crippen LogP contribution in [0.15, 0.2) is 0 Å². The van der Waals surface area contributed by atoms with Crippen molar-refractivity contribution in [1.82, 2.24) is 15.1 Å². The molecule has 0 bridgehead atoms. The molecule has 0 spiro atoms. The Balaban J connectivity index is 1.68. The molecule has 2 aliphatic heterocycles. The molecule has 2 rings (SSSR count). The van der Waals surface area contributed by atoms with Crippen LogP contribution in [-0.2, 0) is 4.79 Å². The van der Waals surface area contributed by atoms with Crippen LogP contribution in [0.1, 0.15) is 32.6 Å². The second-order valence-electron chi connectivity index (χ2n) is 6.20. The number of rotatable bonds is 7. The maximum atomic E-state index is 11.2. The van der Waals surface area contributed by atoms with Gasteiger partial charge in [0.15, 0.2) is 0 Å². The van der Waals surface area contributed by atoms with Crippen LogP contribution in [0.2, 0.25) is 0 Å². The van der Waals surface area contributed by atoms with Crippen molar-refractivity contribution in [3.05, 3.63) is 0 Å². The highest BCUT2D eigenvalue weighted by Gasteiger charge is 2.26. The zero-order valence-corrected chi connectivity index (χ0v) is 12.7. The van der Waals surface area contributed by atoms with Gasteiger partial charge in [0.05, 0.1) is 0 Å². The van der Waals surface area contributed by atoms with Gasteiger partial charge >= 0.3 is 5.97 Å². The average molecular weight is 283 g/mol.